The summed E-state index contributed by atoms with van der Waals surface area (Å²) >= 11 is 5.56. The van der Waals surface area contributed by atoms with E-state index in [4.69, 9.17) is 0 Å². The maximum atomic E-state index is 18.2. The molecule has 0 N–H and O–H groups in total. The van der Waals surface area contributed by atoms with Gasteiger partial charge in [0.15, 0.2) is 23.8 Å². The number of hydrogen-bond donors (Lipinski definition) is 0. The predicted octanol–water partition coefficient (Wildman–Crippen LogP) is 10.5. The number of aromatic nitrogens is 3. The van der Waals surface area contributed by atoms with Crippen LogP contribution in [0.25, 0.3) is 39.8 Å². The number of hydrogen-bond acceptors (Lipinski definition) is 3. The van der Waals surface area contributed by atoms with Crippen LogP contribution in [0.4, 0.5) is 8.63 Å². The number of benzene rings is 1. The van der Waals surface area contributed by atoms with Gasteiger partial charge < -0.3 is 17.6 Å². The van der Waals surface area contributed by atoms with Gasteiger partial charge in [-0.25, -0.2) is 4.57 Å². The summed E-state index contributed by atoms with van der Waals surface area (Å²) in [6.07, 6.45) is 15.0. The summed E-state index contributed by atoms with van der Waals surface area (Å²) in [5, 5.41) is 0. The van der Waals surface area contributed by atoms with Gasteiger partial charge in [0.25, 0.3) is 0 Å². The molecule has 2 aliphatic rings. The number of pyridine rings is 2. The zero-order valence-corrected chi connectivity index (χ0v) is 32.2. The highest BCUT2D eigenvalue weighted by molar-refractivity contribution is 14.1. The monoisotopic (exact) mass is 821 g/mol. The number of nitrogens with zero attached hydrogens (tertiary/aromatic N) is 4. The van der Waals surface area contributed by atoms with Crippen LogP contribution in [0.5, 0.6) is 0 Å². The molecule has 0 radical (unpaired) electrons. The summed E-state index contributed by atoms with van der Waals surface area (Å²) in [4.78, 5) is 7.21. The van der Waals surface area contributed by atoms with Crippen molar-refractivity contribution in [1.82, 2.24) is 9.46 Å². The largest absolute Gasteiger partial charge is 0.737 e. The van der Waals surface area contributed by atoms with Crippen molar-refractivity contribution in [1.29, 1.82) is 0 Å². The van der Waals surface area contributed by atoms with E-state index in [9.17, 15) is 0 Å². The number of halogens is 3. The van der Waals surface area contributed by atoms with Crippen LogP contribution in [-0.4, -0.2) is 26.6 Å². The lowest BCUT2D eigenvalue weighted by atomic mass is 9.83. The lowest BCUT2D eigenvalue weighted by Crippen LogP contribution is -2.51. The molecule has 0 aliphatic carbocycles. The van der Waals surface area contributed by atoms with E-state index in [1.54, 1.807) is 35.1 Å². The first-order valence-electron chi connectivity index (χ1n) is 16.6. The Hall–Kier alpha value is -4.52. The van der Waals surface area contributed by atoms with Crippen molar-refractivity contribution in [2.75, 3.05) is 0 Å². The fourth-order valence-electron chi connectivity index (χ4n) is 7.25. The molecule has 0 fully saturated rings. The molecular formula is C41H33BF2IN4S2+. The number of rotatable bonds is 7. The second-order valence-electron chi connectivity index (χ2n) is 12.8. The van der Waals surface area contributed by atoms with Gasteiger partial charge in [-0.05, 0) is 114 Å². The molecule has 0 bridgehead atoms. The Kier molecular flexibility index (Phi) is 8.72. The van der Waals surface area contributed by atoms with Gasteiger partial charge in [-0.2, -0.15) is 0 Å². The van der Waals surface area contributed by atoms with Crippen LogP contribution < -0.4 is 4.57 Å². The van der Waals surface area contributed by atoms with Crippen molar-refractivity contribution in [3.8, 4) is 10.4 Å². The first-order chi connectivity index (χ1) is 24.6. The number of allylic oxidation sites excluding steroid dienone is 3. The number of aryl methyl sites for hydroxylation is 2. The minimum Gasteiger partial charge on any atom is -0.389 e. The second kappa shape index (κ2) is 13.2. The third kappa shape index (κ3) is 5.83. The summed E-state index contributed by atoms with van der Waals surface area (Å²) in [5.74, 6) is 0. The van der Waals surface area contributed by atoms with E-state index in [0.29, 0.717) is 22.8 Å². The third-order valence-electron chi connectivity index (χ3n) is 9.51. The average molecular weight is 822 g/mol. The molecule has 0 saturated carbocycles. The maximum Gasteiger partial charge on any atom is 0.737 e. The number of fused-ring (bicyclic) bond motifs is 2. The molecule has 6 aromatic rings. The molecule has 51 heavy (non-hydrogen) atoms. The quantitative estimate of drug-likeness (QED) is 0.0895. The van der Waals surface area contributed by atoms with Crippen LogP contribution in [0.3, 0.4) is 0 Å². The maximum absolute atomic E-state index is 18.2. The first-order valence-corrected chi connectivity index (χ1v) is 19.3. The van der Waals surface area contributed by atoms with Gasteiger partial charge in [0.2, 0.25) is 0 Å². The second-order valence-corrected chi connectivity index (χ2v) is 17.1. The van der Waals surface area contributed by atoms with Crippen LogP contribution in [0, 0.1) is 16.7 Å². The molecule has 0 spiro atoms. The Morgan fingerprint density at radius 2 is 1.45 bits per heavy atom. The molecular weight excluding hydrogens is 788 g/mol. The predicted molar refractivity (Wildman–Crippen MR) is 218 cm³/mol. The van der Waals surface area contributed by atoms with E-state index in [1.165, 1.54) is 8.96 Å². The zero-order chi connectivity index (χ0) is 35.4. The Bertz CT molecular complexity index is 2480. The molecule has 1 aromatic carbocycles. The van der Waals surface area contributed by atoms with Gasteiger partial charge in [-0.1, -0.05) is 36.4 Å². The summed E-state index contributed by atoms with van der Waals surface area (Å²) < 4.78 is 42.2. The van der Waals surface area contributed by atoms with E-state index in [2.05, 4.69) is 52.7 Å². The van der Waals surface area contributed by atoms with Crippen molar-refractivity contribution in [2.24, 2.45) is 7.05 Å². The van der Waals surface area contributed by atoms with Gasteiger partial charge in [0, 0.05) is 67.8 Å². The summed E-state index contributed by atoms with van der Waals surface area (Å²) in [6.45, 7) is 1.65. The molecule has 2 aliphatic heterocycles. The van der Waals surface area contributed by atoms with Crippen molar-refractivity contribution in [3.05, 3.63) is 167 Å². The third-order valence-corrected chi connectivity index (χ3v) is 12.4. The van der Waals surface area contributed by atoms with Crippen molar-refractivity contribution in [3.63, 3.8) is 0 Å². The van der Waals surface area contributed by atoms with Gasteiger partial charge >= 0.3 is 6.97 Å². The van der Waals surface area contributed by atoms with Gasteiger partial charge in [0.05, 0.1) is 14.0 Å². The topological polar surface area (TPSA) is 24.7 Å². The normalized spacial score (nSPS) is 15.5. The van der Waals surface area contributed by atoms with Crippen molar-refractivity contribution >= 4 is 87.3 Å². The Balaban J connectivity index is 1.50. The molecule has 4 nitrogen and oxygen atoms in total. The molecule has 7 heterocycles. The summed E-state index contributed by atoms with van der Waals surface area (Å²) in [7, 11) is 1.96. The molecule has 252 valence electrons. The van der Waals surface area contributed by atoms with Crippen LogP contribution in [0.15, 0.2) is 121 Å². The first kappa shape index (κ1) is 33.6. The molecule has 10 heteroatoms. The van der Waals surface area contributed by atoms with E-state index >= 15 is 8.63 Å². The lowest BCUT2D eigenvalue weighted by Gasteiger charge is -2.34. The summed E-state index contributed by atoms with van der Waals surface area (Å²) in [6, 6.07) is 26.0. The molecule has 0 atom stereocenters. The fraction of sp³-hybridized carbons (Fsp3) is 0.0976. The zero-order valence-electron chi connectivity index (χ0n) is 28.4. The van der Waals surface area contributed by atoms with Crippen LogP contribution in [0.2, 0.25) is 0 Å². The van der Waals surface area contributed by atoms with E-state index < -0.39 is 6.97 Å². The Morgan fingerprint density at radius 3 is 2.12 bits per heavy atom. The lowest BCUT2D eigenvalue weighted by molar-refractivity contribution is -0.671. The molecule has 0 unspecified atom stereocenters. The molecule has 8 rings (SSSR count). The van der Waals surface area contributed by atoms with Gasteiger partial charge in [0.1, 0.15) is 7.05 Å². The van der Waals surface area contributed by atoms with Crippen LogP contribution >= 0.6 is 45.3 Å². The number of thiophene rings is 2. The fourth-order valence-corrected chi connectivity index (χ4v) is 9.96. The SMILES string of the molecule is CC1=C(c2ccc(C)s2)C(/C=C/c2cc[n+](C)cc2)=[N+]2C1=C(c1ccccc1)c1c(C)c(-c3ccc(I)s3)c(/C=C/c3ccncc3)n1[B-]2(F)F. The highest BCUT2D eigenvalue weighted by atomic mass is 127. The standard InChI is InChI=1S/C41H33BF2IN4S2/c1-26-10-15-34(50-26)37-27(2)40-39(31-8-6-5-7-9-31)41-28(3)38(35-16-17-36(45)51-35)33(13-11-29-18-22-46-23-19-29)49(41)42(43,44)48(40)32(37)14-12-30-20-24-47(4)25-21-30/h5-25H,1-4H3/q+1/b13-11+. The molecule has 5 aromatic heterocycles. The summed E-state index contributed by atoms with van der Waals surface area (Å²) in [5.41, 5.74) is 8.91. The van der Waals surface area contributed by atoms with E-state index in [0.717, 1.165) is 62.1 Å². The van der Waals surface area contributed by atoms with E-state index in [-0.39, 0.29) is 0 Å². The highest BCUT2D eigenvalue weighted by Gasteiger charge is 2.58. The highest BCUT2D eigenvalue weighted by Crippen LogP contribution is 2.51. The van der Waals surface area contributed by atoms with Crippen LogP contribution in [0.1, 0.15) is 50.3 Å². The molecule has 0 saturated heterocycles. The van der Waals surface area contributed by atoms with Crippen LogP contribution in [-0.2, 0) is 7.05 Å². The Morgan fingerprint density at radius 1 is 0.765 bits per heavy atom. The van der Waals surface area contributed by atoms with E-state index in [1.807, 2.05) is 123 Å². The average Bonchev–Trinajstić information content (AvgIpc) is 3.89. The minimum absolute atomic E-state index is 0.479. The molecule has 0 amide bonds. The van der Waals surface area contributed by atoms with Crippen molar-refractivity contribution in [2.45, 2.75) is 20.8 Å². The smallest absolute Gasteiger partial charge is 0.389 e. The van der Waals surface area contributed by atoms with Gasteiger partial charge in [-0.3, -0.25) is 4.98 Å². The van der Waals surface area contributed by atoms with Gasteiger partial charge in [-0.15, -0.1) is 22.7 Å². The minimum atomic E-state index is -4.41. The Labute approximate surface area is 318 Å². The van der Waals surface area contributed by atoms with Crippen molar-refractivity contribution < 1.29 is 17.7 Å².